The van der Waals surface area contributed by atoms with E-state index in [-0.39, 0.29) is 17.4 Å². The molecule has 0 atom stereocenters. The van der Waals surface area contributed by atoms with Gasteiger partial charge in [0.2, 0.25) is 0 Å². The molecule has 0 saturated carbocycles. The van der Waals surface area contributed by atoms with Crippen LogP contribution in [-0.4, -0.2) is 26.6 Å². The Bertz CT molecular complexity index is 390. The lowest BCUT2D eigenvalue weighted by molar-refractivity contribution is 0.0923. The van der Waals surface area contributed by atoms with Crippen molar-refractivity contribution in [1.82, 2.24) is 9.97 Å². The highest BCUT2D eigenvalue weighted by molar-refractivity contribution is 5.95. The molecule has 0 bridgehead atoms. The predicted octanol–water partition coefficient (Wildman–Crippen LogP) is 1.14. The summed E-state index contributed by atoms with van der Waals surface area (Å²) in [4.78, 5) is 7.99. The lowest BCUT2D eigenvalue weighted by atomic mass is 10.1. The number of nitrogens with zero attached hydrogens (tertiary/aromatic N) is 3. The van der Waals surface area contributed by atoms with Gasteiger partial charge in [-0.15, -0.1) is 0 Å². The van der Waals surface area contributed by atoms with Crippen molar-refractivity contribution in [2.75, 3.05) is 0 Å². The first kappa shape index (κ1) is 12.2. The molecule has 1 heterocycles. The van der Waals surface area contributed by atoms with Crippen LogP contribution in [0.25, 0.3) is 0 Å². The number of hydrogen-bond acceptors (Lipinski definition) is 5. The van der Waals surface area contributed by atoms with E-state index in [9.17, 15) is 0 Å². The van der Waals surface area contributed by atoms with E-state index < -0.39 is 0 Å². The maximum absolute atomic E-state index is 8.52. The second kappa shape index (κ2) is 4.78. The van der Waals surface area contributed by atoms with Crippen molar-refractivity contribution in [3.63, 3.8) is 0 Å². The van der Waals surface area contributed by atoms with Crippen molar-refractivity contribution in [3.05, 3.63) is 18.0 Å². The number of nitrogens with two attached hydrogens (primary N) is 1. The normalized spacial score (nSPS) is 12.6. The second-order valence-corrected chi connectivity index (χ2v) is 3.93. The molecule has 3 N–H and O–H groups in total. The fourth-order valence-electron chi connectivity index (χ4n) is 0.903. The molecular formula is C10H16N4O2. The van der Waals surface area contributed by atoms with Crippen LogP contribution in [-0.2, 0) is 0 Å². The third-order valence-electron chi connectivity index (χ3n) is 2.22. The molecule has 88 valence electrons. The van der Waals surface area contributed by atoms with Crippen LogP contribution >= 0.6 is 0 Å². The SMILES string of the molecule is CCC(C)(C)Oc1nccc(/C(N)=N/O)n1. The Hall–Kier alpha value is -1.85. The first-order chi connectivity index (χ1) is 7.48. The van der Waals surface area contributed by atoms with Gasteiger partial charge in [-0.2, -0.15) is 4.98 Å². The van der Waals surface area contributed by atoms with Gasteiger partial charge < -0.3 is 15.7 Å². The van der Waals surface area contributed by atoms with E-state index in [4.69, 9.17) is 15.7 Å². The van der Waals surface area contributed by atoms with E-state index in [1.54, 1.807) is 6.07 Å². The zero-order valence-corrected chi connectivity index (χ0v) is 9.64. The zero-order valence-electron chi connectivity index (χ0n) is 9.64. The smallest absolute Gasteiger partial charge is 0.317 e. The van der Waals surface area contributed by atoms with Gasteiger partial charge in [0.05, 0.1) is 0 Å². The summed E-state index contributed by atoms with van der Waals surface area (Å²) in [6, 6.07) is 1.76. The maximum atomic E-state index is 8.52. The second-order valence-electron chi connectivity index (χ2n) is 3.93. The number of aromatic nitrogens is 2. The number of rotatable bonds is 4. The summed E-state index contributed by atoms with van der Waals surface area (Å²) in [5, 5.41) is 11.4. The lowest BCUT2D eigenvalue weighted by Crippen LogP contribution is -2.28. The van der Waals surface area contributed by atoms with Crippen molar-refractivity contribution in [3.8, 4) is 6.01 Å². The average molecular weight is 224 g/mol. The summed E-state index contributed by atoms with van der Waals surface area (Å²) in [5.74, 6) is -0.0680. The third kappa shape index (κ3) is 3.08. The Morgan fingerprint density at radius 1 is 1.62 bits per heavy atom. The third-order valence-corrected chi connectivity index (χ3v) is 2.22. The molecule has 0 saturated heterocycles. The van der Waals surface area contributed by atoms with Crippen LogP contribution in [0.2, 0.25) is 0 Å². The highest BCUT2D eigenvalue weighted by atomic mass is 16.5. The van der Waals surface area contributed by atoms with Gasteiger partial charge in [0.15, 0.2) is 5.84 Å². The standard InChI is InChI=1S/C10H16N4O2/c1-4-10(2,3)16-9-12-6-5-7(13-9)8(11)14-15/h5-6,15H,4H2,1-3H3,(H2,11,14). The molecule has 6 nitrogen and oxygen atoms in total. The van der Waals surface area contributed by atoms with E-state index in [1.807, 2.05) is 20.8 Å². The van der Waals surface area contributed by atoms with Gasteiger partial charge in [0.1, 0.15) is 11.3 Å². The molecule has 0 fully saturated rings. The average Bonchev–Trinajstić information content (AvgIpc) is 2.28. The van der Waals surface area contributed by atoms with Crippen LogP contribution in [0.5, 0.6) is 6.01 Å². The topological polar surface area (TPSA) is 93.6 Å². The Kier molecular flexibility index (Phi) is 3.65. The maximum Gasteiger partial charge on any atom is 0.317 e. The molecule has 1 aromatic rings. The summed E-state index contributed by atoms with van der Waals surface area (Å²) in [7, 11) is 0. The van der Waals surface area contributed by atoms with Crippen LogP contribution in [0.15, 0.2) is 17.4 Å². The van der Waals surface area contributed by atoms with Gasteiger partial charge in [-0.25, -0.2) is 4.98 Å². The van der Waals surface area contributed by atoms with E-state index in [0.29, 0.717) is 5.69 Å². The van der Waals surface area contributed by atoms with Crippen molar-refractivity contribution in [1.29, 1.82) is 0 Å². The summed E-state index contributed by atoms with van der Waals surface area (Å²) < 4.78 is 5.57. The quantitative estimate of drug-likeness (QED) is 0.346. The molecule has 0 aromatic carbocycles. The highest BCUT2D eigenvalue weighted by Crippen LogP contribution is 2.16. The zero-order chi connectivity index (χ0) is 12.2. The fraction of sp³-hybridized carbons (Fsp3) is 0.500. The van der Waals surface area contributed by atoms with E-state index >= 15 is 0 Å². The van der Waals surface area contributed by atoms with Gasteiger partial charge in [0, 0.05) is 6.20 Å². The highest BCUT2D eigenvalue weighted by Gasteiger charge is 2.18. The van der Waals surface area contributed by atoms with E-state index in [2.05, 4.69) is 15.1 Å². The number of oxime groups is 1. The summed E-state index contributed by atoms with van der Waals surface area (Å²) in [6.07, 6.45) is 2.33. The van der Waals surface area contributed by atoms with Gasteiger partial charge in [-0.1, -0.05) is 12.1 Å². The van der Waals surface area contributed by atoms with Crippen molar-refractivity contribution >= 4 is 5.84 Å². The first-order valence-corrected chi connectivity index (χ1v) is 4.98. The minimum Gasteiger partial charge on any atom is -0.457 e. The molecule has 1 rings (SSSR count). The summed E-state index contributed by atoms with van der Waals surface area (Å²) in [6.45, 7) is 5.88. The molecule has 16 heavy (non-hydrogen) atoms. The van der Waals surface area contributed by atoms with Crippen LogP contribution < -0.4 is 10.5 Å². The molecule has 0 aliphatic carbocycles. The number of amidine groups is 1. The van der Waals surface area contributed by atoms with Gasteiger partial charge in [0.25, 0.3) is 0 Å². The molecule has 0 amide bonds. The van der Waals surface area contributed by atoms with Crippen molar-refractivity contribution in [2.45, 2.75) is 32.8 Å². The van der Waals surface area contributed by atoms with Crippen LogP contribution in [0.4, 0.5) is 0 Å². The van der Waals surface area contributed by atoms with Gasteiger partial charge >= 0.3 is 6.01 Å². The summed E-state index contributed by atoms with van der Waals surface area (Å²) in [5.41, 5.74) is 5.40. The Morgan fingerprint density at radius 3 is 2.88 bits per heavy atom. The number of ether oxygens (including phenoxy) is 1. The minimum absolute atomic E-state index is 0.0680. The van der Waals surface area contributed by atoms with Crippen LogP contribution in [0.1, 0.15) is 32.9 Å². The minimum atomic E-state index is -0.344. The summed E-state index contributed by atoms with van der Waals surface area (Å²) >= 11 is 0. The first-order valence-electron chi connectivity index (χ1n) is 4.98. The molecule has 0 aliphatic heterocycles. The lowest BCUT2D eigenvalue weighted by Gasteiger charge is -2.23. The molecule has 0 unspecified atom stereocenters. The largest absolute Gasteiger partial charge is 0.457 e. The molecular weight excluding hydrogens is 208 g/mol. The molecule has 0 radical (unpaired) electrons. The van der Waals surface area contributed by atoms with Crippen molar-refractivity contribution in [2.24, 2.45) is 10.9 Å². The monoisotopic (exact) mass is 224 g/mol. The molecule has 0 spiro atoms. The number of hydrogen-bond donors (Lipinski definition) is 2. The molecule has 0 aliphatic rings. The van der Waals surface area contributed by atoms with Gasteiger partial charge in [-0.3, -0.25) is 0 Å². The Morgan fingerprint density at radius 2 is 2.31 bits per heavy atom. The van der Waals surface area contributed by atoms with Crippen LogP contribution in [0, 0.1) is 0 Å². The van der Waals surface area contributed by atoms with Crippen molar-refractivity contribution < 1.29 is 9.94 Å². The van der Waals surface area contributed by atoms with Gasteiger partial charge in [-0.05, 0) is 26.3 Å². The fourth-order valence-corrected chi connectivity index (χ4v) is 0.903. The van der Waals surface area contributed by atoms with Crippen LogP contribution in [0.3, 0.4) is 0 Å². The van der Waals surface area contributed by atoms with E-state index in [1.165, 1.54) is 6.20 Å². The Balaban J connectivity index is 2.91. The Labute approximate surface area is 94.2 Å². The van der Waals surface area contributed by atoms with E-state index in [0.717, 1.165) is 6.42 Å². The predicted molar refractivity (Wildman–Crippen MR) is 59.5 cm³/mol. The molecule has 6 heteroatoms. The molecule has 1 aromatic heterocycles.